The van der Waals surface area contributed by atoms with E-state index in [-0.39, 0.29) is 18.1 Å². The lowest BCUT2D eigenvalue weighted by Gasteiger charge is -2.22. The van der Waals surface area contributed by atoms with Gasteiger partial charge < -0.3 is 10.1 Å². The van der Waals surface area contributed by atoms with E-state index in [4.69, 9.17) is 0 Å². The number of ether oxygens (including phenoxy) is 1. The molecule has 148 valence electrons. The molecule has 0 bridgehead atoms. The quantitative estimate of drug-likeness (QED) is 0.562. The van der Waals surface area contributed by atoms with E-state index in [2.05, 4.69) is 10.1 Å². The van der Waals surface area contributed by atoms with Gasteiger partial charge in [0.25, 0.3) is 5.91 Å². The van der Waals surface area contributed by atoms with Crippen LogP contribution >= 0.6 is 11.3 Å². The molecule has 1 aliphatic heterocycles. The van der Waals surface area contributed by atoms with E-state index < -0.39 is 24.1 Å². The first-order valence-electron chi connectivity index (χ1n) is 8.56. The Hall–Kier alpha value is -2.81. The number of hydrogen-bond acceptors (Lipinski definition) is 5. The topological polar surface area (TPSA) is 75.7 Å². The number of imide groups is 1. The van der Waals surface area contributed by atoms with Gasteiger partial charge in [0.1, 0.15) is 11.3 Å². The number of thiophene rings is 1. The summed E-state index contributed by atoms with van der Waals surface area (Å²) in [5, 5.41) is 2.58. The molecule has 1 N–H and O–H groups in total. The molecule has 3 rings (SSSR count). The highest BCUT2D eigenvalue weighted by Gasteiger charge is 2.49. The number of ketones is 1. The maximum atomic E-state index is 12.9. The van der Waals surface area contributed by atoms with Crippen molar-refractivity contribution in [1.82, 2.24) is 10.2 Å². The highest BCUT2D eigenvalue weighted by Crippen LogP contribution is 2.30. The first-order valence-corrected chi connectivity index (χ1v) is 9.37. The van der Waals surface area contributed by atoms with Crippen LogP contribution in [0, 0.1) is 0 Å². The molecule has 0 radical (unpaired) electrons. The third-order valence-corrected chi connectivity index (χ3v) is 5.79. The number of aryl methyl sites for hydroxylation is 1. The van der Waals surface area contributed by atoms with Crippen LogP contribution in [0.2, 0.25) is 0 Å². The number of carbonyl (C=O) groups excluding carboxylic acids is 3. The molecular formula is C19H18F2N2O4S. The fourth-order valence-electron chi connectivity index (χ4n) is 2.95. The highest BCUT2D eigenvalue weighted by molar-refractivity contribution is 7.14. The van der Waals surface area contributed by atoms with Crippen molar-refractivity contribution < 1.29 is 27.9 Å². The second-order valence-electron chi connectivity index (χ2n) is 6.39. The zero-order valence-electron chi connectivity index (χ0n) is 15.2. The van der Waals surface area contributed by atoms with Crippen LogP contribution in [-0.2, 0) is 16.8 Å². The van der Waals surface area contributed by atoms with Crippen LogP contribution in [0.4, 0.5) is 13.6 Å². The predicted molar refractivity (Wildman–Crippen MR) is 98.7 cm³/mol. The van der Waals surface area contributed by atoms with Gasteiger partial charge in [0, 0.05) is 4.88 Å². The second-order valence-corrected chi connectivity index (χ2v) is 7.56. The lowest BCUT2D eigenvalue weighted by Crippen LogP contribution is -2.41. The van der Waals surface area contributed by atoms with Gasteiger partial charge in [-0.15, -0.1) is 11.3 Å². The van der Waals surface area contributed by atoms with E-state index in [0.717, 1.165) is 16.2 Å². The standard InChI is InChI=1S/C19H18F2N2O4S/c1-3-13-8-9-15(28-13)14(24)10-23-16(25)19(2,22-18(23)26)11-4-6-12(7-5-11)27-17(20)21/h4-9,17H,3,10H2,1-2H3,(H,22,26)/t19-/m0/s1. The van der Waals surface area contributed by atoms with Crippen LogP contribution in [0.25, 0.3) is 0 Å². The summed E-state index contributed by atoms with van der Waals surface area (Å²) in [5.41, 5.74) is -1.00. The molecule has 1 aromatic carbocycles. The van der Waals surface area contributed by atoms with Gasteiger partial charge in [-0.1, -0.05) is 19.1 Å². The number of rotatable bonds is 7. The third-order valence-electron chi connectivity index (χ3n) is 4.52. The van der Waals surface area contributed by atoms with E-state index in [1.54, 1.807) is 6.07 Å². The number of Topliss-reactive ketones (excluding diaryl/α,β-unsaturated/α-hetero) is 1. The van der Waals surface area contributed by atoms with Crippen LogP contribution in [-0.4, -0.2) is 35.8 Å². The first kappa shape index (κ1) is 19.9. The Morgan fingerprint density at radius 1 is 1.21 bits per heavy atom. The molecule has 0 aliphatic carbocycles. The van der Waals surface area contributed by atoms with Gasteiger partial charge in [0.15, 0.2) is 5.78 Å². The van der Waals surface area contributed by atoms with Crippen LogP contribution < -0.4 is 10.1 Å². The van der Waals surface area contributed by atoms with Crippen molar-refractivity contribution in [2.24, 2.45) is 0 Å². The number of urea groups is 1. The maximum Gasteiger partial charge on any atom is 0.387 e. The summed E-state index contributed by atoms with van der Waals surface area (Å²) in [6, 6.07) is 8.28. The van der Waals surface area contributed by atoms with Gasteiger partial charge in [-0.05, 0) is 43.2 Å². The third kappa shape index (κ3) is 3.75. The summed E-state index contributed by atoms with van der Waals surface area (Å²) in [6.45, 7) is 0.152. The van der Waals surface area contributed by atoms with Crippen LogP contribution in [0.15, 0.2) is 36.4 Å². The van der Waals surface area contributed by atoms with Crippen molar-refractivity contribution in [3.63, 3.8) is 0 Å². The van der Waals surface area contributed by atoms with Gasteiger partial charge in [-0.25, -0.2) is 4.79 Å². The van der Waals surface area contributed by atoms with E-state index >= 15 is 0 Å². The zero-order chi connectivity index (χ0) is 20.5. The molecule has 0 saturated carbocycles. The molecular weight excluding hydrogens is 390 g/mol. The Balaban J connectivity index is 1.77. The molecule has 1 saturated heterocycles. The van der Waals surface area contributed by atoms with Gasteiger partial charge in [0.05, 0.1) is 11.4 Å². The fourth-order valence-corrected chi connectivity index (χ4v) is 3.82. The van der Waals surface area contributed by atoms with Crippen LogP contribution in [0.3, 0.4) is 0 Å². The van der Waals surface area contributed by atoms with Gasteiger partial charge in [-0.2, -0.15) is 8.78 Å². The maximum absolute atomic E-state index is 12.9. The largest absolute Gasteiger partial charge is 0.435 e. The predicted octanol–water partition coefficient (Wildman–Crippen LogP) is 3.56. The molecule has 6 nitrogen and oxygen atoms in total. The summed E-state index contributed by atoms with van der Waals surface area (Å²) in [4.78, 5) is 40.1. The monoisotopic (exact) mass is 408 g/mol. The lowest BCUT2D eigenvalue weighted by atomic mass is 9.92. The average Bonchev–Trinajstić information content (AvgIpc) is 3.21. The zero-order valence-corrected chi connectivity index (χ0v) is 16.0. The van der Waals surface area contributed by atoms with Crippen molar-refractivity contribution in [2.75, 3.05) is 6.54 Å². The molecule has 1 aromatic heterocycles. The fraction of sp³-hybridized carbons (Fsp3) is 0.316. The minimum atomic E-state index is -2.96. The molecule has 0 unspecified atom stereocenters. The number of nitrogens with zero attached hydrogens (tertiary/aromatic N) is 1. The van der Waals surface area contributed by atoms with E-state index in [1.165, 1.54) is 42.5 Å². The van der Waals surface area contributed by atoms with Crippen LogP contribution in [0.5, 0.6) is 5.75 Å². The molecule has 2 heterocycles. The van der Waals surface area contributed by atoms with Gasteiger partial charge >= 0.3 is 12.6 Å². The number of alkyl halides is 2. The van der Waals surface area contributed by atoms with Gasteiger partial charge in [0.2, 0.25) is 0 Å². The summed E-state index contributed by atoms with van der Waals surface area (Å²) in [6.07, 6.45) is 0.796. The molecule has 1 atom stereocenters. The number of halogens is 2. The Morgan fingerprint density at radius 2 is 1.89 bits per heavy atom. The SMILES string of the molecule is CCc1ccc(C(=O)CN2C(=O)N[C@@](C)(c3ccc(OC(F)F)cc3)C2=O)s1. The van der Waals surface area contributed by atoms with E-state index in [0.29, 0.717) is 10.4 Å². The summed E-state index contributed by atoms with van der Waals surface area (Å²) in [7, 11) is 0. The molecule has 28 heavy (non-hydrogen) atoms. The molecule has 2 aromatic rings. The summed E-state index contributed by atoms with van der Waals surface area (Å²) in [5.74, 6) is -0.964. The highest BCUT2D eigenvalue weighted by atomic mass is 32.1. The smallest absolute Gasteiger partial charge is 0.387 e. The second kappa shape index (κ2) is 7.67. The van der Waals surface area contributed by atoms with Crippen molar-refractivity contribution in [2.45, 2.75) is 32.4 Å². The Labute approximate surface area is 164 Å². The summed E-state index contributed by atoms with van der Waals surface area (Å²) >= 11 is 1.34. The summed E-state index contributed by atoms with van der Waals surface area (Å²) < 4.78 is 28.8. The number of benzene rings is 1. The molecule has 1 aliphatic rings. The Kier molecular flexibility index (Phi) is 5.46. The van der Waals surface area contributed by atoms with Gasteiger partial charge in [-0.3, -0.25) is 14.5 Å². The minimum absolute atomic E-state index is 0.0596. The molecule has 1 fully saturated rings. The normalized spacial score (nSPS) is 19.2. The number of hydrogen-bond donors (Lipinski definition) is 1. The van der Waals surface area contributed by atoms with E-state index in [1.807, 2.05) is 13.0 Å². The van der Waals surface area contributed by atoms with E-state index in [9.17, 15) is 23.2 Å². The molecule has 9 heteroatoms. The Bertz CT molecular complexity index is 913. The van der Waals surface area contributed by atoms with Crippen molar-refractivity contribution >= 4 is 29.1 Å². The minimum Gasteiger partial charge on any atom is -0.435 e. The average molecular weight is 408 g/mol. The van der Waals surface area contributed by atoms with Crippen LogP contribution in [0.1, 0.15) is 34.0 Å². The van der Waals surface area contributed by atoms with Crippen molar-refractivity contribution in [3.8, 4) is 5.75 Å². The Morgan fingerprint density at radius 3 is 2.46 bits per heavy atom. The molecule has 0 spiro atoms. The lowest BCUT2D eigenvalue weighted by molar-refractivity contribution is -0.130. The number of carbonyl (C=O) groups is 3. The number of nitrogens with one attached hydrogen (secondary N) is 1. The first-order chi connectivity index (χ1) is 13.2. The van der Waals surface area contributed by atoms with Crippen molar-refractivity contribution in [3.05, 3.63) is 51.7 Å². The number of amides is 3. The van der Waals surface area contributed by atoms with Crippen molar-refractivity contribution in [1.29, 1.82) is 0 Å². The molecule has 3 amide bonds.